The monoisotopic (exact) mass is 325 g/mol. The Morgan fingerprint density at radius 2 is 2.14 bits per heavy atom. The molecule has 1 heterocycles. The molecule has 1 aromatic heterocycles. The second kappa shape index (κ2) is 8.12. The van der Waals surface area contributed by atoms with Crippen LogP contribution in [0.5, 0.6) is 0 Å². The first-order valence-corrected chi connectivity index (χ1v) is 7.49. The predicted octanol–water partition coefficient (Wildman–Crippen LogP) is 2.86. The molecule has 0 fully saturated rings. The van der Waals surface area contributed by atoms with Gasteiger partial charge in [0.15, 0.2) is 0 Å². The van der Waals surface area contributed by atoms with Gasteiger partial charge in [-0.25, -0.2) is 4.98 Å². The van der Waals surface area contributed by atoms with E-state index < -0.39 is 0 Å². The molecule has 4 nitrogen and oxygen atoms in total. The van der Waals surface area contributed by atoms with E-state index in [1.165, 1.54) is 11.3 Å². The Labute approximate surface area is 135 Å². The largest absolute Gasteiger partial charge is 0.350 e. The minimum atomic E-state index is -0.138. The van der Waals surface area contributed by atoms with E-state index in [1.54, 1.807) is 5.38 Å². The van der Waals surface area contributed by atoms with Crippen molar-refractivity contribution in [2.24, 2.45) is 11.7 Å². The maximum Gasteiger partial charge on any atom is 0.270 e. The first-order valence-electron chi connectivity index (χ1n) is 6.61. The van der Waals surface area contributed by atoms with Gasteiger partial charge in [0, 0.05) is 17.5 Å². The Morgan fingerprint density at radius 1 is 1.43 bits per heavy atom. The van der Waals surface area contributed by atoms with E-state index in [-0.39, 0.29) is 24.2 Å². The molecular formula is C15H20ClN3OS. The molecular weight excluding hydrogens is 306 g/mol. The number of carbonyl (C=O) groups is 1. The van der Waals surface area contributed by atoms with Gasteiger partial charge in [-0.15, -0.1) is 23.7 Å². The Bertz CT molecular complexity index is 600. The summed E-state index contributed by atoms with van der Waals surface area (Å²) >= 11 is 1.49. The number of hydrogen-bond donors (Lipinski definition) is 2. The second-order valence-electron chi connectivity index (χ2n) is 4.90. The van der Waals surface area contributed by atoms with Gasteiger partial charge in [0.2, 0.25) is 0 Å². The van der Waals surface area contributed by atoms with Crippen molar-refractivity contribution in [3.8, 4) is 10.6 Å². The van der Waals surface area contributed by atoms with Crippen LogP contribution in [0.4, 0.5) is 0 Å². The van der Waals surface area contributed by atoms with Gasteiger partial charge in [-0.2, -0.15) is 0 Å². The number of nitrogens with two attached hydrogens (primary N) is 1. The van der Waals surface area contributed by atoms with E-state index in [0.29, 0.717) is 18.8 Å². The molecule has 3 N–H and O–H groups in total. The van der Waals surface area contributed by atoms with E-state index in [0.717, 1.165) is 16.1 Å². The van der Waals surface area contributed by atoms with Crippen molar-refractivity contribution in [2.45, 2.75) is 13.8 Å². The van der Waals surface area contributed by atoms with Crippen LogP contribution in [0.2, 0.25) is 0 Å². The van der Waals surface area contributed by atoms with Crippen molar-refractivity contribution < 1.29 is 4.79 Å². The zero-order valence-corrected chi connectivity index (χ0v) is 13.8. The van der Waals surface area contributed by atoms with E-state index in [9.17, 15) is 4.79 Å². The lowest BCUT2D eigenvalue weighted by molar-refractivity contribution is 0.0944. The zero-order valence-electron chi connectivity index (χ0n) is 12.1. The first-order chi connectivity index (χ1) is 9.61. The molecule has 0 aliphatic carbocycles. The molecule has 21 heavy (non-hydrogen) atoms. The predicted molar refractivity (Wildman–Crippen MR) is 90.1 cm³/mol. The molecule has 0 saturated carbocycles. The summed E-state index contributed by atoms with van der Waals surface area (Å²) in [4.78, 5) is 16.4. The summed E-state index contributed by atoms with van der Waals surface area (Å²) in [5.41, 5.74) is 8.23. The van der Waals surface area contributed by atoms with Crippen LogP contribution >= 0.6 is 23.7 Å². The number of benzene rings is 1. The van der Waals surface area contributed by atoms with Crippen molar-refractivity contribution in [1.29, 1.82) is 0 Å². The lowest BCUT2D eigenvalue weighted by atomic mass is 10.1. The third-order valence-electron chi connectivity index (χ3n) is 3.13. The van der Waals surface area contributed by atoms with Crippen LogP contribution in [-0.4, -0.2) is 24.0 Å². The Morgan fingerprint density at radius 3 is 2.81 bits per heavy atom. The molecule has 2 aromatic rings. The molecule has 2 rings (SSSR count). The topological polar surface area (TPSA) is 68.0 Å². The molecule has 0 aliphatic rings. The molecule has 0 radical (unpaired) electrons. The van der Waals surface area contributed by atoms with Gasteiger partial charge < -0.3 is 11.1 Å². The molecule has 0 bridgehead atoms. The zero-order chi connectivity index (χ0) is 14.5. The minimum absolute atomic E-state index is 0. The lowest BCUT2D eigenvalue weighted by Gasteiger charge is -2.08. The highest BCUT2D eigenvalue weighted by Gasteiger charge is 2.13. The molecule has 1 unspecified atom stereocenters. The number of aromatic nitrogens is 1. The van der Waals surface area contributed by atoms with Gasteiger partial charge in [0.1, 0.15) is 10.7 Å². The maximum absolute atomic E-state index is 12.0. The van der Waals surface area contributed by atoms with Crippen molar-refractivity contribution in [1.82, 2.24) is 10.3 Å². The molecule has 1 aromatic carbocycles. The van der Waals surface area contributed by atoms with E-state index in [2.05, 4.69) is 10.3 Å². The summed E-state index contributed by atoms with van der Waals surface area (Å²) in [5.74, 6) is 0.134. The van der Waals surface area contributed by atoms with Crippen molar-refractivity contribution in [3.63, 3.8) is 0 Å². The Hall–Kier alpha value is -1.43. The summed E-state index contributed by atoms with van der Waals surface area (Å²) < 4.78 is 0. The van der Waals surface area contributed by atoms with E-state index >= 15 is 0 Å². The highest BCUT2D eigenvalue weighted by atomic mass is 35.5. The number of carbonyl (C=O) groups excluding carboxylic acids is 1. The Kier molecular flexibility index (Phi) is 6.81. The van der Waals surface area contributed by atoms with Crippen LogP contribution in [-0.2, 0) is 0 Å². The number of nitrogens with one attached hydrogen (secondary N) is 1. The summed E-state index contributed by atoms with van der Waals surface area (Å²) in [7, 11) is 0. The van der Waals surface area contributed by atoms with Crippen LogP contribution in [0.1, 0.15) is 23.0 Å². The van der Waals surface area contributed by atoms with Gasteiger partial charge >= 0.3 is 0 Å². The summed E-state index contributed by atoms with van der Waals surface area (Å²) in [6.07, 6.45) is 0. The average Bonchev–Trinajstić information content (AvgIpc) is 2.94. The van der Waals surface area contributed by atoms with Crippen molar-refractivity contribution >= 4 is 29.7 Å². The molecule has 0 spiro atoms. The molecule has 0 saturated heterocycles. The maximum atomic E-state index is 12.0. The molecule has 1 amide bonds. The van der Waals surface area contributed by atoms with E-state index in [4.69, 9.17) is 5.73 Å². The van der Waals surface area contributed by atoms with Crippen molar-refractivity contribution in [2.75, 3.05) is 13.1 Å². The molecule has 0 aliphatic heterocycles. The number of amides is 1. The average molecular weight is 326 g/mol. The SMILES string of the molecule is Cc1ccccc1-c1nc(C(=O)NCC(C)CN)cs1.Cl. The number of hydrogen-bond acceptors (Lipinski definition) is 4. The van der Waals surface area contributed by atoms with Crippen LogP contribution < -0.4 is 11.1 Å². The first kappa shape index (κ1) is 17.6. The normalized spacial score (nSPS) is 11.6. The van der Waals surface area contributed by atoms with E-state index in [1.807, 2.05) is 38.1 Å². The molecule has 6 heteroatoms. The van der Waals surface area contributed by atoms with Crippen LogP contribution in [0, 0.1) is 12.8 Å². The number of aryl methyl sites for hydroxylation is 1. The number of halogens is 1. The lowest BCUT2D eigenvalue weighted by Crippen LogP contribution is -2.31. The number of thiazole rings is 1. The van der Waals surface area contributed by atoms with Gasteiger partial charge in [-0.05, 0) is 24.9 Å². The quantitative estimate of drug-likeness (QED) is 0.888. The Balaban J connectivity index is 0.00000220. The summed E-state index contributed by atoms with van der Waals surface area (Å²) in [6.45, 7) is 5.18. The van der Waals surface area contributed by atoms with Crippen LogP contribution in [0.3, 0.4) is 0 Å². The summed E-state index contributed by atoms with van der Waals surface area (Å²) in [6, 6.07) is 8.03. The van der Waals surface area contributed by atoms with Crippen LogP contribution in [0.25, 0.3) is 10.6 Å². The highest BCUT2D eigenvalue weighted by molar-refractivity contribution is 7.13. The van der Waals surface area contributed by atoms with Gasteiger partial charge in [-0.1, -0.05) is 31.2 Å². The molecule has 1 atom stereocenters. The smallest absolute Gasteiger partial charge is 0.270 e. The number of nitrogens with zero attached hydrogens (tertiary/aromatic N) is 1. The fourth-order valence-corrected chi connectivity index (χ4v) is 2.65. The standard InChI is InChI=1S/C15H19N3OS.ClH/c1-10(7-16)8-17-14(19)13-9-20-15(18-13)12-6-4-3-5-11(12)2;/h3-6,9-10H,7-8,16H2,1-2H3,(H,17,19);1H. The fourth-order valence-electron chi connectivity index (χ4n) is 1.76. The fraction of sp³-hybridized carbons (Fsp3) is 0.333. The van der Waals surface area contributed by atoms with Gasteiger partial charge in [0.25, 0.3) is 5.91 Å². The molecule has 114 valence electrons. The summed E-state index contributed by atoms with van der Waals surface area (Å²) in [5, 5.41) is 5.53. The number of rotatable bonds is 5. The third-order valence-corrected chi connectivity index (χ3v) is 4.00. The third kappa shape index (κ3) is 4.52. The van der Waals surface area contributed by atoms with Gasteiger partial charge in [-0.3, -0.25) is 4.79 Å². The highest BCUT2D eigenvalue weighted by Crippen LogP contribution is 2.26. The second-order valence-corrected chi connectivity index (χ2v) is 5.76. The van der Waals surface area contributed by atoms with Crippen molar-refractivity contribution in [3.05, 3.63) is 40.9 Å². The minimum Gasteiger partial charge on any atom is -0.350 e. The van der Waals surface area contributed by atoms with Gasteiger partial charge in [0.05, 0.1) is 0 Å². The van der Waals surface area contributed by atoms with Crippen LogP contribution in [0.15, 0.2) is 29.6 Å².